The van der Waals surface area contributed by atoms with E-state index in [1.165, 1.54) is 42.3 Å². The minimum absolute atomic E-state index is 0.0844. The van der Waals surface area contributed by atoms with Crippen molar-refractivity contribution in [2.45, 2.75) is 4.90 Å². The normalized spacial score (nSPS) is 11.7. The van der Waals surface area contributed by atoms with Gasteiger partial charge in [0.15, 0.2) is 11.2 Å². The Kier molecular flexibility index (Phi) is 5.84. The highest BCUT2D eigenvalue weighted by atomic mass is 32.2. The Labute approximate surface area is 177 Å². The quantitative estimate of drug-likeness (QED) is 0.397. The van der Waals surface area contributed by atoms with Crippen molar-refractivity contribution in [3.05, 3.63) is 60.5 Å². The predicted octanol–water partition coefficient (Wildman–Crippen LogP) is 2.02. The number of ether oxygens (including phenoxy) is 1. The first-order chi connectivity index (χ1) is 15.0. The van der Waals surface area contributed by atoms with Crippen LogP contribution in [0, 0.1) is 5.82 Å². The third kappa shape index (κ3) is 4.66. The minimum atomic E-state index is -3.69. The Morgan fingerprint density at radius 2 is 2.00 bits per heavy atom. The number of halogens is 1. The van der Waals surface area contributed by atoms with Gasteiger partial charge in [0.2, 0.25) is 16.0 Å². The number of sulfonamides is 1. The average Bonchev–Trinajstić information content (AvgIpc) is 3.17. The Morgan fingerprint density at radius 1 is 1.16 bits per heavy atom. The number of hydrogen-bond donors (Lipinski definition) is 2. The molecule has 4 rings (SSSR count). The minimum Gasteiger partial charge on any atom is -0.383 e. The molecule has 0 saturated heterocycles. The molecule has 0 fully saturated rings. The van der Waals surface area contributed by atoms with Gasteiger partial charge < -0.3 is 10.1 Å². The molecule has 0 amide bonds. The van der Waals surface area contributed by atoms with Crippen molar-refractivity contribution in [3.8, 4) is 5.69 Å². The molecular formula is C19H18FN7O3S. The summed E-state index contributed by atoms with van der Waals surface area (Å²) in [6.07, 6.45) is 1.47. The molecule has 0 aliphatic carbocycles. The molecule has 160 valence electrons. The number of hydrogen-bond acceptors (Lipinski definition) is 8. The first kappa shape index (κ1) is 20.8. The van der Waals surface area contributed by atoms with E-state index in [1.807, 2.05) is 0 Å². The number of nitrogens with zero attached hydrogens (tertiary/aromatic N) is 5. The Balaban J connectivity index is 1.61. The summed E-state index contributed by atoms with van der Waals surface area (Å²) in [6, 6.07) is 12.1. The molecule has 0 radical (unpaired) electrons. The molecule has 0 unspecified atom stereocenters. The number of benzene rings is 2. The van der Waals surface area contributed by atoms with Gasteiger partial charge in [-0.25, -0.2) is 22.5 Å². The molecule has 2 aromatic heterocycles. The van der Waals surface area contributed by atoms with Gasteiger partial charge in [0.25, 0.3) is 0 Å². The van der Waals surface area contributed by atoms with E-state index in [-0.39, 0.29) is 24.0 Å². The number of rotatable bonds is 8. The van der Waals surface area contributed by atoms with Crippen molar-refractivity contribution in [1.29, 1.82) is 0 Å². The van der Waals surface area contributed by atoms with Crippen LogP contribution >= 0.6 is 0 Å². The fourth-order valence-corrected chi connectivity index (χ4v) is 3.86. The van der Waals surface area contributed by atoms with Crippen LogP contribution in [0.25, 0.3) is 16.9 Å². The predicted molar refractivity (Wildman–Crippen MR) is 111 cm³/mol. The molecule has 2 N–H and O–H groups in total. The van der Waals surface area contributed by atoms with Crippen molar-refractivity contribution in [1.82, 2.24) is 29.7 Å². The summed E-state index contributed by atoms with van der Waals surface area (Å²) >= 11 is 0. The van der Waals surface area contributed by atoms with Crippen LogP contribution < -0.4 is 10.0 Å². The molecule has 2 aromatic carbocycles. The van der Waals surface area contributed by atoms with Gasteiger partial charge in [-0.1, -0.05) is 17.3 Å². The van der Waals surface area contributed by atoms with E-state index in [1.54, 1.807) is 24.3 Å². The molecular weight excluding hydrogens is 425 g/mol. The van der Waals surface area contributed by atoms with Crippen LogP contribution in [0.3, 0.4) is 0 Å². The van der Waals surface area contributed by atoms with Gasteiger partial charge in [0.1, 0.15) is 5.82 Å². The van der Waals surface area contributed by atoms with Crippen LogP contribution in [-0.4, -0.2) is 53.6 Å². The third-order valence-corrected chi connectivity index (χ3v) is 5.70. The summed E-state index contributed by atoms with van der Waals surface area (Å²) in [7, 11) is -2.20. The van der Waals surface area contributed by atoms with E-state index in [0.29, 0.717) is 22.5 Å². The molecule has 0 spiro atoms. The first-order valence-corrected chi connectivity index (χ1v) is 10.6. The smallest absolute Gasteiger partial charge is 0.240 e. The van der Waals surface area contributed by atoms with Crippen molar-refractivity contribution in [2.75, 3.05) is 25.6 Å². The van der Waals surface area contributed by atoms with Crippen molar-refractivity contribution in [2.24, 2.45) is 0 Å². The van der Waals surface area contributed by atoms with Gasteiger partial charge in [-0.15, -0.1) is 5.10 Å². The maximum atomic E-state index is 13.6. The molecule has 0 atom stereocenters. The van der Waals surface area contributed by atoms with Crippen LogP contribution in [0.1, 0.15) is 0 Å². The average molecular weight is 443 g/mol. The zero-order chi connectivity index (χ0) is 21.8. The number of anilines is 2. The van der Waals surface area contributed by atoms with E-state index < -0.39 is 15.8 Å². The van der Waals surface area contributed by atoms with Gasteiger partial charge in [-0.2, -0.15) is 9.67 Å². The second-order valence-electron chi connectivity index (χ2n) is 6.43. The molecule has 10 nitrogen and oxygen atoms in total. The third-order valence-electron chi connectivity index (χ3n) is 4.24. The van der Waals surface area contributed by atoms with Crippen LogP contribution in [0.5, 0.6) is 0 Å². The van der Waals surface area contributed by atoms with Gasteiger partial charge in [-0.3, -0.25) is 0 Å². The Hall–Kier alpha value is -3.48. The molecule has 0 bridgehead atoms. The zero-order valence-electron chi connectivity index (χ0n) is 16.4. The van der Waals surface area contributed by atoms with E-state index in [4.69, 9.17) is 4.74 Å². The Bertz CT molecular complexity index is 1330. The van der Waals surface area contributed by atoms with Crippen molar-refractivity contribution < 1.29 is 17.5 Å². The summed E-state index contributed by atoms with van der Waals surface area (Å²) < 4.78 is 47.1. The fraction of sp³-hybridized carbons (Fsp3) is 0.158. The van der Waals surface area contributed by atoms with Crippen LogP contribution in [0.15, 0.2) is 59.6 Å². The largest absolute Gasteiger partial charge is 0.383 e. The molecule has 4 aromatic rings. The van der Waals surface area contributed by atoms with Crippen molar-refractivity contribution >= 4 is 32.8 Å². The number of aromatic nitrogens is 5. The standard InChI is InChI=1S/C19H18FN7O3S/c1-30-9-8-22-31(28,29)16-7-3-5-14(11-16)23-19-21-12-17-18(24-19)27(26-25-17)15-6-2-4-13(20)10-15/h2-7,10-12,22H,8-9H2,1H3,(H,21,23,24). The van der Waals surface area contributed by atoms with Crippen LogP contribution in [-0.2, 0) is 14.8 Å². The Morgan fingerprint density at radius 3 is 2.81 bits per heavy atom. The lowest BCUT2D eigenvalue weighted by Gasteiger charge is -2.09. The number of nitrogens with one attached hydrogen (secondary N) is 2. The molecule has 0 saturated carbocycles. The van der Waals surface area contributed by atoms with Crippen LogP contribution in [0.4, 0.5) is 16.0 Å². The second-order valence-corrected chi connectivity index (χ2v) is 8.19. The number of methoxy groups -OCH3 is 1. The SMILES string of the molecule is COCCNS(=O)(=O)c1cccc(Nc2ncc3nnn(-c4cccc(F)c4)c3n2)c1. The summed E-state index contributed by atoms with van der Waals surface area (Å²) in [5, 5.41) is 11.0. The summed E-state index contributed by atoms with van der Waals surface area (Å²) in [4.78, 5) is 8.67. The fourth-order valence-electron chi connectivity index (χ4n) is 2.80. The van der Waals surface area contributed by atoms with Crippen LogP contribution in [0.2, 0.25) is 0 Å². The molecule has 0 aliphatic heterocycles. The maximum absolute atomic E-state index is 13.6. The molecule has 2 heterocycles. The van der Waals surface area contributed by atoms with E-state index in [2.05, 4.69) is 30.3 Å². The summed E-state index contributed by atoms with van der Waals surface area (Å²) in [5.74, 6) is -0.208. The van der Waals surface area contributed by atoms with E-state index >= 15 is 0 Å². The highest BCUT2D eigenvalue weighted by Crippen LogP contribution is 2.20. The lowest BCUT2D eigenvalue weighted by Crippen LogP contribution is -2.27. The van der Waals surface area contributed by atoms with Gasteiger partial charge in [0, 0.05) is 19.3 Å². The lowest BCUT2D eigenvalue weighted by atomic mass is 10.3. The molecule has 12 heteroatoms. The van der Waals surface area contributed by atoms with Gasteiger partial charge >= 0.3 is 0 Å². The van der Waals surface area contributed by atoms with Gasteiger partial charge in [0.05, 0.1) is 23.4 Å². The highest BCUT2D eigenvalue weighted by molar-refractivity contribution is 7.89. The lowest BCUT2D eigenvalue weighted by molar-refractivity contribution is 0.204. The number of fused-ring (bicyclic) bond motifs is 1. The summed E-state index contributed by atoms with van der Waals surface area (Å²) in [6.45, 7) is 0.422. The van der Waals surface area contributed by atoms with E-state index in [0.717, 1.165) is 0 Å². The van der Waals surface area contributed by atoms with Crippen molar-refractivity contribution in [3.63, 3.8) is 0 Å². The second kappa shape index (κ2) is 8.71. The summed E-state index contributed by atoms with van der Waals surface area (Å²) in [5.41, 5.74) is 1.72. The van der Waals surface area contributed by atoms with E-state index in [9.17, 15) is 12.8 Å². The maximum Gasteiger partial charge on any atom is 0.240 e. The van der Waals surface area contributed by atoms with Gasteiger partial charge in [-0.05, 0) is 36.4 Å². The first-order valence-electron chi connectivity index (χ1n) is 9.16. The molecule has 31 heavy (non-hydrogen) atoms. The topological polar surface area (TPSA) is 124 Å². The highest BCUT2D eigenvalue weighted by Gasteiger charge is 2.15. The zero-order valence-corrected chi connectivity index (χ0v) is 17.2. The molecule has 0 aliphatic rings. The monoisotopic (exact) mass is 443 g/mol.